The minimum absolute atomic E-state index is 0.205. The summed E-state index contributed by atoms with van der Waals surface area (Å²) in [5.41, 5.74) is 0.865. The number of carbonyl (C=O) groups excluding carboxylic acids is 2. The summed E-state index contributed by atoms with van der Waals surface area (Å²) >= 11 is 4.19. The molecule has 5 heteroatoms. The molecule has 0 N–H and O–H groups in total. The third kappa shape index (κ3) is 5.25. The van der Waals surface area contributed by atoms with E-state index < -0.39 is 12.1 Å². The first-order chi connectivity index (χ1) is 9.43. The number of rotatable bonds is 6. The zero-order chi connectivity index (χ0) is 15.1. The maximum absolute atomic E-state index is 11.6. The van der Waals surface area contributed by atoms with Crippen LogP contribution >= 0.6 is 12.6 Å². The van der Waals surface area contributed by atoms with Crippen LogP contribution in [0.25, 0.3) is 0 Å². The predicted molar refractivity (Wildman–Crippen MR) is 78.6 cm³/mol. The SMILES string of the molecule is CCC(C)C(=O)OCC(=O)OC(C)c1ccc(S)cc1. The van der Waals surface area contributed by atoms with Crippen molar-refractivity contribution in [1.82, 2.24) is 0 Å². The molecule has 0 heterocycles. The zero-order valence-corrected chi connectivity index (χ0v) is 12.9. The Hall–Kier alpha value is -1.49. The van der Waals surface area contributed by atoms with E-state index in [1.807, 2.05) is 31.2 Å². The highest BCUT2D eigenvalue weighted by Gasteiger charge is 2.16. The molecule has 0 amide bonds. The first-order valence-electron chi connectivity index (χ1n) is 6.59. The van der Waals surface area contributed by atoms with E-state index in [0.29, 0.717) is 6.42 Å². The van der Waals surface area contributed by atoms with E-state index in [0.717, 1.165) is 10.5 Å². The molecular weight excluding hydrogens is 276 g/mol. The van der Waals surface area contributed by atoms with Gasteiger partial charge in [-0.2, -0.15) is 0 Å². The fourth-order valence-electron chi connectivity index (χ4n) is 1.48. The van der Waals surface area contributed by atoms with Gasteiger partial charge in [-0.25, -0.2) is 4.79 Å². The molecule has 0 aliphatic rings. The number of esters is 2. The Balaban J connectivity index is 2.42. The quantitative estimate of drug-likeness (QED) is 0.647. The van der Waals surface area contributed by atoms with Crippen LogP contribution < -0.4 is 0 Å². The molecule has 0 aromatic heterocycles. The topological polar surface area (TPSA) is 52.6 Å². The molecule has 20 heavy (non-hydrogen) atoms. The number of hydrogen-bond donors (Lipinski definition) is 1. The largest absolute Gasteiger partial charge is 0.455 e. The van der Waals surface area contributed by atoms with Crippen LogP contribution in [0.4, 0.5) is 0 Å². The summed E-state index contributed by atoms with van der Waals surface area (Å²) in [5.74, 6) is -1.14. The highest BCUT2D eigenvalue weighted by atomic mass is 32.1. The van der Waals surface area contributed by atoms with E-state index >= 15 is 0 Å². The minimum atomic E-state index is -0.552. The van der Waals surface area contributed by atoms with Gasteiger partial charge in [-0.3, -0.25) is 4.79 Å². The van der Waals surface area contributed by atoms with E-state index in [-0.39, 0.29) is 18.5 Å². The predicted octanol–water partition coefficient (Wildman–Crippen LogP) is 3.17. The standard InChI is InChI=1S/C15H20O4S/c1-4-10(2)15(17)18-9-14(16)19-11(3)12-5-7-13(20)8-6-12/h5-8,10-11,20H,4,9H2,1-3H3. The number of ether oxygens (including phenoxy) is 2. The average molecular weight is 296 g/mol. The van der Waals surface area contributed by atoms with Crippen LogP contribution in [0.1, 0.15) is 38.9 Å². The smallest absolute Gasteiger partial charge is 0.344 e. The highest BCUT2D eigenvalue weighted by molar-refractivity contribution is 7.80. The van der Waals surface area contributed by atoms with Crippen molar-refractivity contribution in [2.75, 3.05) is 6.61 Å². The fourth-order valence-corrected chi connectivity index (χ4v) is 1.63. The van der Waals surface area contributed by atoms with Crippen LogP contribution in [-0.4, -0.2) is 18.5 Å². The third-order valence-electron chi connectivity index (χ3n) is 3.02. The van der Waals surface area contributed by atoms with Gasteiger partial charge < -0.3 is 9.47 Å². The molecule has 2 atom stereocenters. The van der Waals surface area contributed by atoms with Crippen LogP contribution in [0.5, 0.6) is 0 Å². The van der Waals surface area contributed by atoms with Crippen molar-refractivity contribution in [3.8, 4) is 0 Å². The molecule has 0 saturated carbocycles. The highest BCUT2D eigenvalue weighted by Crippen LogP contribution is 2.18. The van der Waals surface area contributed by atoms with Crippen LogP contribution in [0.15, 0.2) is 29.2 Å². The van der Waals surface area contributed by atoms with Crippen LogP contribution in [0, 0.1) is 5.92 Å². The second-order valence-electron chi connectivity index (χ2n) is 4.64. The lowest BCUT2D eigenvalue weighted by Crippen LogP contribution is -2.21. The van der Waals surface area contributed by atoms with E-state index in [1.54, 1.807) is 13.8 Å². The molecule has 0 saturated heterocycles. The molecule has 2 unspecified atom stereocenters. The van der Waals surface area contributed by atoms with Gasteiger partial charge in [0.15, 0.2) is 6.61 Å². The van der Waals surface area contributed by atoms with Gasteiger partial charge in [-0.1, -0.05) is 26.0 Å². The first kappa shape index (κ1) is 16.6. The average Bonchev–Trinajstić information content (AvgIpc) is 2.44. The molecule has 0 aliphatic heterocycles. The number of benzene rings is 1. The van der Waals surface area contributed by atoms with Gasteiger partial charge in [0, 0.05) is 4.90 Å². The van der Waals surface area contributed by atoms with Crippen LogP contribution in [0.2, 0.25) is 0 Å². The summed E-state index contributed by atoms with van der Waals surface area (Å²) in [6.07, 6.45) is 0.291. The van der Waals surface area contributed by atoms with Gasteiger partial charge in [0.1, 0.15) is 6.10 Å². The molecule has 0 fully saturated rings. The molecule has 0 aliphatic carbocycles. The van der Waals surface area contributed by atoms with Crippen LogP contribution in [0.3, 0.4) is 0 Å². The Morgan fingerprint density at radius 2 is 1.80 bits per heavy atom. The maximum Gasteiger partial charge on any atom is 0.344 e. The second kappa shape index (κ2) is 7.94. The summed E-state index contributed by atoms with van der Waals surface area (Å²) < 4.78 is 10.1. The second-order valence-corrected chi connectivity index (χ2v) is 5.16. The van der Waals surface area contributed by atoms with Gasteiger partial charge in [-0.15, -0.1) is 12.6 Å². The lowest BCUT2D eigenvalue weighted by molar-refractivity contribution is -0.164. The maximum atomic E-state index is 11.6. The third-order valence-corrected chi connectivity index (χ3v) is 3.32. The van der Waals surface area contributed by atoms with Gasteiger partial charge in [0.25, 0.3) is 0 Å². The Morgan fingerprint density at radius 1 is 1.20 bits per heavy atom. The van der Waals surface area contributed by atoms with Gasteiger partial charge in [0.05, 0.1) is 5.92 Å². The van der Waals surface area contributed by atoms with Crippen molar-refractivity contribution in [2.24, 2.45) is 5.92 Å². The van der Waals surface area contributed by atoms with Crippen LogP contribution in [-0.2, 0) is 19.1 Å². The first-order valence-corrected chi connectivity index (χ1v) is 7.03. The number of carbonyl (C=O) groups is 2. The molecule has 0 radical (unpaired) electrons. The van der Waals surface area contributed by atoms with Crippen molar-refractivity contribution in [1.29, 1.82) is 0 Å². The van der Waals surface area contributed by atoms with Gasteiger partial charge in [-0.05, 0) is 31.0 Å². The summed E-state index contributed by atoms with van der Waals surface area (Å²) in [7, 11) is 0. The number of thiol groups is 1. The molecular formula is C15H20O4S. The van der Waals surface area contributed by atoms with E-state index in [2.05, 4.69) is 12.6 Å². The van der Waals surface area contributed by atoms with Crippen molar-refractivity contribution in [3.05, 3.63) is 29.8 Å². The van der Waals surface area contributed by atoms with Crippen molar-refractivity contribution >= 4 is 24.6 Å². The fraction of sp³-hybridized carbons (Fsp3) is 0.467. The summed E-state index contributed by atoms with van der Waals surface area (Å²) in [5, 5.41) is 0. The minimum Gasteiger partial charge on any atom is -0.455 e. The molecule has 0 spiro atoms. The van der Waals surface area contributed by atoms with E-state index in [9.17, 15) is 9.59 Å². The summed E-state index contributed by atoms with van der Waals surface area (Å²) in [6, 6.07) is 7.33. The Labute approximate surface area is 124 Å². The Bertz CT molecular complexity index is 455. The molecule has 1 aromatic rings. The lowest BCUT2D eigenvalue weighted by Gasteiger charge is -2.14. The Kier molecular flexibility index (Phi) is 6.58. The van der Waals surface area contributed by atoms with Gasteiger partial charge in [0.2, 0.25) is 0 Å². The van der Waals surface area contributed by atoms with Gasteiger partial charge >= 0.3 is 11.9 Å². The molecule has 1 aromatic carbocycles. The molecule has 1 rings (SSSR count). The van der Waals surface area contributed by atoms with Crippen molar-refractivity contribution in [2.45, 2.75) is 38.2 Å². The lowest BCUT2D eigenvalue weighted by atomic mass is 10.1. The summed E-state index contributed by atoms with van der Waals surface area (Å²) in [4.78, 5) is 23.9. The molecule has 4 nitrogen and oxygen atoms in total. The molecule has 110 valence electrons. The van der Waals surface area contributed by atoms with E-state index in [4.69, 9.17) is 9.47 Å². The van der Waals surface area contributed by atoms with E-state index in [1.165, 1.54) is 0 Å². The molecule has 0 bridgehead atoms. The van der Waals surface area contributed by atoms with Crippen molar-refractivity contribution in [3.63, 3.8) is 0 Å². The Morgan fingerprint density at radius 3 is 2.35 bits per heavy atom. The monoisotopic (exact) mass is 296 g/mol. The summed E-state index contributed by atoms with van der Waals surface area (Å²) in [6.45, 7) is 5.06. The zero-order valence-electron chi connectivity index (χ0n) is 12.0. The normalized spacial score (nSPS) is 13.4. The van der Waals surface area contributed by atoms with Crippen molar-refractivity contribution < 1.29 is 19.1 Å². The number of hydrogen-bond acceptors (Lipinski definition) is 5.